The monoisotopic (exact) mass is 205 g/mol. The molecule has 2 rings (SSSR count). The third-order valence-corrected chi connectivity index (χ3v) is 2.10. The van der Waals surface area contributed by atoms with Crippen LogP contribution in [0.25, 0.3) is 11.3 Å². The first-order chi connectivity index (χ1) is 7.31. The van der Waals surface area contributed by atoms with Gasteiger partial charge in [0.15, 0.2) is 0 Å². The summed E-state index contributed by atoms with van der Waals surface area (Å²) in [4.78, 5) is 0. The number of anilines is 1. The second-order valence-electron chi connectivity index (χ2n) is 3.18. The lowest BCUT2D eigenvalue weighted by molar-refractivity contribution is 0.630. The molecule has 1 aromatic carbocycles. The topological polar surface area (TPSA) is 40.7 Å². The molecule has 0 spiro atoms. The summed E-state index contributed by atoms with van der Waals surface area (Å²) in [7, 11) is 0. The number of hydrogen-bond donors (Lipinski definition) is 2. The molecule has 0 aliphatic heterocycles. The first-order valence-electron chi connectivity index (χ1n) is 4.85. The third-order valence-electron chi connectivity index (χ3n) is 2.10. The van der Waals surface area contributed by atoms with Crippen LogP contribution in [-0.4, -0.2) is 16.7 Å². The molecule has 0 radical (unpaired) electrons. The molecule has 3 nitrogen and oxygen atoms in total. The molecule has 0 saturated carbocycles. The maximum Gasteiger partial charge on any atom is 0.148 e. The Morgan fingerprint density at radius 2 is 2.20 bits per heavy atom. The number of H-pyrrole nitrogens is 1. The Kier molecular flexibility index (Phi) is 2.67. The van der Waals surface area contributed by atoms with Gasteiger partial charge in [0.25, 0.3) is 0 Å². The number of aromatic nitrogens is 2. The highest BCUT2D eigenvalue weighted by Crippen LogP contribution is 2.22. The molecule has 0 saturated heterocycles. The summed E-state index contributed by atoms with van der Waals surface area (Å²) < 4.78 is 13.4. The van der Waals surface area contributed by atoms with Crippen molar-refractivity contribution in [2.24, 2.45) is 0 Å². The molecule has 2 N–H and O–H groups in total. The molecule has 78 valence electrons. The molecule has 0 amide bonds. The van der Waals surface area contributed by atoms with E-state index in [4.69, 9.17) is 0 Å². The van der Waals surface area contributed by atoms with Crippen molar-refractivity contribution in [3.63, 3.8) is 0 Å². The van der Waals surface area contributed by atoms with E-state index in [9.17, 15) is 4.39 Å². The van der Waals surface area contributed by atoms with E-state index in [0.29, 0.717) is 11.3 Å². The van der Waals surface area contributed by atoms with Crippen molar-refractivity contribution in [3.8, 4) is 11.3 Å². The maximum atomic E-state index is 13.4. The first-order valence-corrected chi connectivity index (χ1v) is 4.85. The van der Waals surface area contributed by atoms with E-state index >= 15 is 0 Å². The van der Waals surface area contributed by atoms with Crippen LogP contribution < -0.4 is 5.32 Å². The lowest BCUT2D eigenvalue weighted by Crippen LogP contribution is -1.95. The number of rotatable bonds is 3. The van der Waals surface area contributed by atoms with Crippen LogP contribution in [0.15, 0.2) is 30.3 Å². The molecule has 0 bridgehead atoms. The minimum atomic E-state index is -0.246. The minimum absolute atomic E-state index is 0.246. The van der Waals surface area contributed by atoms with Gasteiger partial charge in [-0.25, -0.2) is 4.39 Å². The quantitative estimate of drug-likeness (QED) is 0.808. The average Bonchev–Trinajstić information content (AvgIpc) is 2.68. The highest BCUT2D eigenvalue weighted by atomic mass is 19.1. The second kappa shape index (κ2) is 4.13. The zero-order chi connectivity index (χ0) is 10.7. The van der Waals surface area contributed by atoms with E-state index in [1.807, 2.05) is 6.92 Å². The first kappa shape index (κ1) is 9.71. The molecule has 0 aliphatic rings. The molecule has 4 heteroatoms. The lowest BCUT2D eigenvalue weighted by Gasteiger charge is -1.97. The molecule has 15 heavy (non-hydrogen) atoms. The van der Waals surface area contributed by atoms with Crippen molar-refractivity contribution in [1.82, 2.24) is 10.2 Å². The van der Waals surface area contributed by atoms with Gasteiger partial charge < -0.3 is 5.32 Å². The van der Waals surface area contributed by atoms with Gasteiger partial charge >= 0.3 is 0 Å². The van der Waals surface area contributed by atoms with E-state index in [0.717, 1.165) is 12.4 Å². The predicted octanol–water partition coefficient (Wildman–Crippen LogP) is 2.65. The van der Waals surface area contributed by atoms with E-state index in [1.54, 1.807) is 24.3 Å². The van der Waals surface area contributed by atoms with Crippen molar-refractivity contribution in [2.75, 3.05) is 11.9 Å². The van der Waals surface area contributed by atoms with Crippen molar-refractivity contribution in [1.29, 1.82) is 0 Å². The van der Waals surface area contributed by atoms with E-state index in [2.05, 4.69) is 15.5 Å². The van der Waals surface area contributed by atoms with Crippen molar-refractivity contribution in [3.05, 3.63) is 36.1 Å². The predicted molar refractivity (Wildman–Crippen MR) is 58.1 cm³/mol. The SMILES string of the molecule is CCNc1cc(-c2ccccc2F)[nH]n1. The van der Waals surface area contributed by atoms with Crippen LogP contribution in [0.2, 0.25) is 0 Å². The Balaban J connectivity index is 2.33. The Bertz CT molecular complexity index is 451. The van der Waals surface area contributed by atoms with Crippen LogP contribution in [-0.2, 0) is 0 Å². The summed E-state index contributed by atoms with van der Waals surface area (Å²) in [6.07, 6.45) is 0. The van der Waals surface area contributed by atoms with Gasteiger partial charge in [-0.1, -0.05) is 12.1 Å². The van der Waals surface area contributed by atoms with Crippen LogP contribution in [0.5, 0.6) is 0 Å². The number of aromatic amines is 1. The van der Waals surface area contributed by atoms with Crippen molar-refractivity contribution < 1.29 is 4.39 Å². The fourth-order valence-electron chi connectivity index (χ4n) is 1.41. The minimum Gasteiger partial charge on any atom is -0.369 e. The van der Waals surface area contributed by atoms with Gasteiger partial charge in [0.1, 0.15) is 11.6 Å². The largest absolute Gasteiger partial charge is 0.369 e. The van der Waals surface area contributed by atoms with E-state index in [-0.39, 0.29) is 5.82 Å². The van der Waals surface area contributed by atoms with E-state index < -0.39 is 0 Å². The van der Waals surface area contributed by atoms with Gasteiger partial charge in [0, 0.05) is 18.2 Å². The number of halogens is 1. The molecule has 2 aromatic rings. The second-order valence-corrected chi connectivity index (χ2v) is 3.18. The summed E-state index contributed by atoms with van der Waals surface area (Å²) in [5.41, 5.74) is 1.22. The molecular formula is C11H12FN3. The van der Waals surface area contributed by atoms with Gasteiger partial charge in [-0.15, -0.1) is 0 Å². The fraction of sp³-hybridized carbons (Fsp3) is 0.182. The van der Waals surface area contributed by atoms with Gasteiger partial charge in [-0.2, -0.15) is 5.10 Å². The number of hydrogen-bond acceptors (Lipinski definition) is 2. The van der Waals surface area contributed by atoms with Gasteiger partial charge in [-0.3, -0.25) is 5.10 Å². The van der Waals surface area contributed by atoms with Crippen LogP contribution >= 0.6 is 0 Å². The summed E-state index contributed by atoms with van der Waals surface area (Å²) in [6.45, 7) is 2.78. The third kappa shape index (κ3) is 1.98. The summed E-state index contributed by atoms with van der Waals surface area (Å²) in [6, 6.07) is 8.41. The zero-order valence-electron chi connectivity index (χ0n) is 8.42. The highest BCUT2D eigenvalue weighted by molar-refractivity contribution is 5.63. The Labute approximate surface area is 87.3 Å². The Hall–Kier alpha value is -1.84. The summed E-state index contributed by atoms with van der Waals surface area (Å²) in [5, 5.41) is 9.87. The van der Waals surface area contributed by atoms with Gasteiger partial charge in [-0.05, 0) is 19.1 Å². The zero-order valence-corrected chi connectivity index (χ0v) is 8.42. The lowest BCUT2D eigenvalue weighted by atomic mass is 10.1. The summed E-state index contributed by atoms with van der Waals surface area (Å²) in [5.74, 6) is 0.486. The van der Waals surface area contributed by atoms with Crippen LogP contribution in [0.4, 0.5) is 10.2 Å². The normalized spacial score (nSPS) is 10.3. The Morgan fingerprint density at radius 3 is 2.93 bits per heavy atom. The Morgan fingerprint density at radius 1 is 1.40 bits per heavy atom. The standard InChI is InChI=1S/C11H12FN3/c1-2-13-11-7-10(14-15-11)8-5-3-4-6-9(8)12/h3-7H,2H2,1H3,(H2,13,14,15). The molecule has 0 aliphatic carbocycles. The van der Waals surface area contributed by atoms with Crippen molar-refractivity contribution in [2.45, 2.75) is 6.92 Å². The molecule has 0 fully saturated rings. The summed E-state index contributed by atoms with van der Waals surface area (Å²) >= 11 is 0. The van der Waals surface area contributed by atoms with Crippen LogP contribution in [0.1, 0.15) is 6.92 Å². The fourth-order valence-corrected chi connectivity index (χ4v) is 1.41. The molecule has 0 unspecified atom stereocenters. The number of benzene rings is 1. The molecular weight excluding hydrogens is 193 g/mol. The smallest absolute Gasteiger partial charge is 0.148 e. The molecule has 1 aromatic heterocycles. The van der Waals surface area contributed by atoms with Gasteiger partial charge in [0.2, 0.25) is 0 Å². The number of nitrogens with one attached hydrogen (secondary N) is 2. The van der Waals surface area contributed by atoms with E-state index in [1.165, 1.54) is 6.07 Å². The molecule has 0 atom stereocenters. The van der Waals surface area contributed by atoms with Crippen LogP contribution in [0.3, 0.4) is 0 Å². The number of nitrogens with zero attached hydrogens (tertiary/aromatic N) is 1. The average molecular weight is 205 g/mol. The maximum absolute atomic E-state index is 13.4. The molecule has 1 heterocycles. The highest BCUT2D eigenvalue weighted by Gasteiger charge is 2.06. The van der Waals surface area contributed by atoms with Crippen LogP contribution in [0, 0.1) is 5.82 Å². The van der Waals surface area contributed by atoms with Gasteiger partial charge in [0.05, 0.1) is 5.69 Å². The van der Waals surface area contributed by atoms with Crippen molar-refractivity contribution >= 4 is 5.82 Å².